The average molecular weight is 280 g/mol. The largest absolute Gasteiger partial charge is 0.383 e. The number of rotatable bonds is 7. The fourth-order valence-electron chi connectivity index (χ4n) is 1.51. The number of methoxy groups -OCH3 is 1. The van der Waals surface area contributed by atoms with Crippen molar-refractivity contribution in [1.29, 1.82) is 0 Å². The predicted molar refractivity (Wildman–Crippen MR) is 69.3 cm³/mol. The van der Waals surface area contributed by atoms with Crippen LogP contribution in [0.3, 0.4) is 0 Å². The first-order valence-electron chi connectivity index (χ1n) is 5.39. The van der Waals surface area contributed by atoms with Gasteiger partial charge in [0.25, 0.3) is 0 Å². The monoisotopic (exact) mass is 279 g/mol. The molecule has 0 saturated heterocycles. The van der Waals surface area contributed by atoms with Crippen LogP contribution in [0.1, 0.15) is 12.0 Å². The molecule has 0 spiro atoms. The Kier molecular flexibility index (Phi) is 6.82. The van der Waals surface area contributed by atoms with Gasteiger partial charge in [0.2, 0.25) is 0 Å². The van der Waals surface area contributed by atoms with Crippen molar-refractivity contribution in [2.45, 2.75) is 19.0 Å². The Bertz CT molecular complexity index is 343. The van der Waals surface area contributed by atoms with Gasteiger partial charge >= 0.3 is 0 Å². The molecule has 0 heterocycles. The van der Waals surface area contributed by atoms with Gasteiger partial charge in [-0.25, -0.2) is 4.39 Å². The van der Waals surface area contributed by atoms with Gasteiger partial charge in [0.1, 0.15) is 5.82 Å². The summed E-state index contributed by atoms with van der Waals surface area (Å²) in [6.45, 7) is 0.964. The Labute approximate surface area is 111 Å². The topological polar surface area (TPSA) is 21.3 Å². The highest BCUT2D eigenvalue weighted by Gasteiger charge is 2.09. The molecule has 2 nitrogen and oxygen atoms in total. The van der Waals surface area contributed by atoms with Crippen molar-refractivity contribution >= 4 is 23.2 Å². The van der Waals surface area contributed by atoms with E-state index in [1.807, 2.05) is 0 Å². The molecule has 1 rings (SSSR count). The van der Waals surface area contributed by atoms with Gasteiger partial charge in [-0.1, -0.05) is 11.6 Å². The smallest absolute Gasteiger partial charge is 0.127 e. The van der Waals surface area contributed by atoms with Crippen LogP contribution in [-0.2, 0) is 11.3 Å². The third-order valence-electron chi connectivity index (χ3n) is 2.41. The van der Waals surface area contributed by atoms with Crippen molar-refractivity contribution in [2.24, 2.45) is 0 Å². The number of alkyl halides is 1. The molecule has 0 amide bonds. The highest BCUT2D eigenvalue weighted by atomic mass is 35.5. The Hall–Kier alpha value is -0.350. The molecular formula is C12H16Cl2FNO. The highest BCUT2D eigenvalue weighted by molar-refractivity contribution is 6.30. The van der Waals surface area contributed by atoms with Gasteiger partial charge in [0.05, 0.1) is 6.61 Å². The van der Waals surface area contributed by atoms with Crippen LogP contribution in [-0.4, -0.2) is 25.6 Å². The molecule has 0 aliphatic carbocycles. The Morgan fingerprint density at radius 2 is 2.24 bits per heavy atom. The SMILES string of the molecule is COCC(CCCl)NCc1cc(Cl)ccc1F. The normalized spacial score (nSPS) is 12.7. The maximum Gasteiger partial charge on any atom is 0.127 e. The van der Waals surface area contributed by atoms with Crippen molar-refractivity contribution in [3.8, 4) is 0 Å². The molecule has 17 heavy (non-hydrogen) atoms. The van der Waals surface area contributed by atoms with Crippen LogP contribution in [0.2, 0.25) is 5.02 Å². The molecule has 0 bridgehead atoms. The van der Waals surface area contributed by atoms with Crippen LogP contribution in [0.4, 0.5) is 4.39 Å². The van der Waals surface area contributed by atoms with E-state index in [0.717, 1.165) is 6.42 Å². The van der Waals surface area contributed by atoms with Crippen LogP contribution in [0.25, 0.3) is 0 Å². The lowest BCUT2D eigenvalue weighted by Gasteiger charge is -2.17. The number of nitrogens with one attached hydrogen (secondary N) is 1. The van der Waals surface area contributed by atoms with E-state index >= 15 is 0 Å². The Balaban J connectivity index is 2.55. The van der Waals surface area contributed by atoms with Gasteiger partial charge in [-0.2, -0.15) is 0 Å². The molecule has 96 valence electrons. The standard InChI is InChI=1S/C12H16Cl2FNO/c1-17-8-11(4-5-13)16-7-9-6-10(14)2-3-12(9)15/h2-3,6,11,16H,4-5,7-8H2,1H3. The predicted octanol–water partition coefficient (Wildman–Crippen LogP) is 3.21. The van der Waals surface area contributed by atoms with Gasteiger partial charge < -0.3 is 10.1 Å². The number of hydrogen-bond donors (Lipinski definition) is 1. The molecule has 1 atom stereocenters. The summed E-state index contributed by atoms with van der Waals surface area (Å²) in [6, 6.07) is 4.64. The minimum Gasteiger partial charge on any atom is -0.383 e. The lowest BCUT2D eigenvalue weighted by molar-refractivity contribution is 0.164. The van der Waals surface area contributed by atoms with Crippen molar-refractivity contribution < 1.29 is 9.13 Å². The number of halogens is 3. The maximum absolute atomic E-state index is 13.4. The molecule has 0 aliphatic rings. The first kappa shape index (κ1) is 14.7. The first-order valence-corrected chi connectivity index (χ1v) is 6.30. The third-order valence-corrected chi connectivity index (χ3v) is 2.87. The van der Waals surface area contributed by atoms with E-state index in [2.05, 4.69) is 5.32 Å². The summed E-state index contributed by atoms with van der Waals surface area (Å²) in [5, 5.41) is 3.73. The van der Waals surface area contributed by atoms with E-state index in [1.54, 1.807) is 13.2 Å². The lowest BCUT2D eigenvalue weighted by Crippen LogP contribution is -2.33. The zero-order chi connectivity index (χ0) is 12.7. The number of hydrogen-bond acceptors (Lipinski definition) is 2. The fourth-order valence-corrected chi connectivity index (χ4v) is 1.97. The van der Waals surface area contributed by atoms with Crippen LogP contribution >= 0.6 is 23.2 Å². The van der Waals surface area contributed by atoms with Gasteiger partial charge in [-0.05, 0) is 24.6 Å². The lowest BCUT2D eigenvalue weighted by atomic mass is 10.2. The zero-order valence-electron chi connectivity index (χ0n) is 9.68. The molecule has 1 aromatic rings. The van der Waals surface area contributed by atoms with Crippen LogP contribution < -0.4 is 5.32 Å². The maximum atomic E-state index is 13.4. The highest BCUT2D eigenvalue weighted by Crippen LogP contribution is 2.15. The fraction of sp³-hybridized carbons (Fsp3) is 0.500. The van der Waals surface area contributed by atoms with Crippen molar-refractivity contribution in [1.82, 2.24) is 5.32 Å². The molecule has 5 heteroatoms. The van der Waals surface area contributed by atoms with E-state index in [9.17, 15) is 4.39 Å². The van der Waals surface area contributed by atoms with E-state index in [-0.39, 0.29) is 11.9 Å². The minimum atomic E-state index is -0.260. The summed E-state index contributed by atoms with van der Waals surface area (Å²) in [4.78, 5) is 0. The quantitative estimate of drug-likeness (QED) is 0.774. The summed E-state index contributed by atoms with van der Waals surface area (Å²) in [5.74, 6) is 0.280. The third kappa shape index (κ3) is 5.21. The van der Waals surface area contributed by atoms with E-state index in [4.69, 9.17) is 27.9 Å². The van der Waals surface area contributed by atoms with Gasteiger partial charge in [-0.3, -0.25) is 0 Å². The summed E-state index contributed by atoms with van der Waals surface area (Å²) in [6.07, 6.45) is 0.775. The molecule has 0 fully saturated rings. The second kappa shape index (κ2) is 7.88. The molecule has 1 aromatic carbocycles. The van der Waals surface area contributed by atoms with Gasteiger partial charge in [0.15, 0.2) is 0 Å². The molecule has 0 radical (unpaired) electrons. The first-order chi connectivity index (χ1) is 8.17. The van der Waals surface area contributed by atoms with Gasteiger partial charge in [-0.15, -0.1) is 11.6 Å². The second-order valence-corrected chi connectivity index (χ2v) is 4.56. The average Bonchev–Trinajstić information content (AvgIpc) is 2.30. The number of benzene rings is 1. The molecule has 1 N–H and O–H groups in total. The van der Waals surface area contributed by atoms with Crippen molar-refractivity contribution in [3.63, 3.8) is 0 Å². The van der Waals surface area contributed by atoms with Crippen LogP contribution in [0.5, 0.6) is 0 Å². The molecule has 0 aliphatic heterocycles. The summed E-state index contributed by atoms with van der Waals surface area (Å²) >= 11 is 11.5. The van der Waals surface area contributed by atoms with Gasteiger partial charge in [0, 0.05) is 36.2 Å². The van der Waals surface area contributed by atoms with Crippen LogP contribution in [0, 0.1) is 5.82 Å². The summed E-state index contributed by atoms with van der Waals surface area (Å²) in [7, 11) is 1.63. The summed E-state index contributed by atoms with van der Waals surface area (Å²) < 4.78 is 18.5. The molecule has 1 unspecified atom stereocenters. The van der Waals surface area contributed by atoms with Crippen molar-refractivity contribution in [2.75, 3.05) is 19.6 Å². The van der Waals surface area contributed by atoms with E-state index < -0.39 is 0 Å². The second-order valence-electron chi connectivity index (χ2n) is 3.75. The Morgan fingerprint density at radius 3 is 2.88 bits per heavy atom. The molecular weight excluding hydrogens is 264 g/mol. The van der Waals surface area contributed by atoms with E-state index in [0.29, 0.717) is 29.6 Å². The van der Waals surface area contributed by atoms with E-state index in [1.165, 1.54) is 12.1 Å². The minimum absolute atomic E-state index is 0.121. The van der Waals surface area contributed by atoms with Crippen LogP contribution in [0.15, 0.2) is 18.2 Å². The van der Waals surface area contributed by atoms with Crippen molar-refractivity contribution in [3.05, 3.63) is 34.6 Å². The molecule has 0 saturated carbocycles. The summed E-state index contributed by atoms with van der Waals surface area (Å²) in [5.41, 5.74) is 0.549. The zero-order valence-corrected chi connectivity index (χ0v) is 11.2. The Morgan fingerprint density at radius 1 is 1.47 bits per heavy atom. The molecule has 0 aromatic heterocycles. The number of ether oxygens (including phenoxy) is 1.